The summed E-state index contributed by atoms with van der Waals surface area (Å²) < 4.78 is 40.8. The molecule has 1 aliphatic rings. The molecule has 4 nitrogen and oxygen atoms in total. The number of fused-ring (bicyclic) bond motifs is 1. The second-order valence-corrected chi connectivity index (χ2v) is 5.33. The lowest BCUT2D eigenvalue weighted by atomic mass is 10.1. The number of ether oxygens (including phenoxy) is 1. The smallest absolute Gasteiger partial charge is 0.406 e. The van der Waals surface area contributed by atoms with Crippen molar-refractivity contribution in [1.82, 2.24) is 10.3 Å². The van der Waals surface area contributed by atoms with E-state index in [2.05, 4.69) is 19.9 Å². The van der Waals surface area contributed by atoms with Crippen molar-refractivity contribution in [3.05, 3.63) is 29.4 Å². The summed E-state index contributed by atoms with van der Waals surface area (Å²) in [5.74, 6) is -0.291. The summed E-state index contributed by atoms with van der Waals surface area (Å²) in [4.78, 5) is 6.21. The van der Waals surface area contributed by atoms with Crippen molar-refractivity contribution in [1.29, 1.82) is 0 Å². The van der Waals surface area contributed by atoms with Gasteiger partial charge in [-0.3, -0.25) is 4.98 Å². The predicted octanol–water partition coefficient (Wildman–Crippen LogP) is 3.20. The molecule has 1 N–H and O–H groups in total. The van der Waals surface area contributed by atoms with Gasteiger partial charge in [0.2, 0.25) is 0 Å². The van der Waals surface area contributed by atoms with E-state index in [0.29, 0.717) is 15.9 Å². The SMILES string of the molecule is FC(F)(F)Oc1ccc2c(N3CCNCC3)c(Cl)cnc2c1. The highest BCUT2D eigenvalue weighted by Crippen LogP contribution is 2.35. The Bertz CT molecular complexity index is 687. The highest BCUT2D eigenvalue weighted by molar-refractivity contribution is 6.34. The largest absolute Gasteiger partial charge is 0.573 e. The Morgan fingerprint density at radius 1 is 1.23 bits per heavy atom. The molecule has 0 bridgehead atoms. The predicted molar refractivity (Wildman–Crippen MR) is 78.5 cm³/mol. The van der Waals surface area contributed by atoms with E-state index in [1.807, 2.05) is 0 Å². The zero-order chi connectivity index (χ0) is 15.7. The van der Waals surface area contributed by atoms with Gasteiger partial charge < -0.3 is 15.0 Å². The second kappa shape index (κ2) is 5.81. The average Bonchev–Trinajstić information content (AvgIpc) is 2.46. The molecule has 0 amide bonds. The van der Waals surface area contributed by atoms with Gasteiger partial charge in [0, 0.05) is 43.8 Å². The zero-order valence-electron chi connectivity index (χ0n) is 11.5. The van der Waals surface area contributed by atoms with E-state index in [4.69, 9.17) is 11.6 Å². The van der Waals surface area contributed by atoms with Gasteiger partial charge in [-0.1, -0.05) is 11.6 Å². The minimum absolute atomic E-state index is 0.291. The molecule has 0 aliphatic carbocycles. The van der Waals surface area contributed by atoms with Crippen LogP contribution in [0.25, 0.3) is 10.9 Å². The molecule has 2 heterocycles. The molecule has 1 aromatic carbocycles. The maximum absolute atomic E-state index is 12.3. The Kier molecular flexibility index (Phi) is 4.01. The van der Waals surface area contributed by atoms with Crippen molar-refractivity contribution >= 4 is 28.2 Å². The fourth-order valence-corrected chi connectivity index (χ4v) is 2.81. The highest BCUT2D eigenvalue weighted by Gasteiger charge is 2.31. The maximum atomic E-state index is 12.3. The van der Waals surface area contributed by atoms with Gasteiger partial charge in [0.15, 0.2) is 0 Å². The summed E-state index contributed by atoms with van der Waals surface area (Å²) in [6.45, 7) is 3.21. The van der Waals surface area contributed by atoms with Crippen molar-refractivity contribution < 1.29 is 17.9 Å². The van der Waals surface area contributed by atoms with Crippen LogP contribution in [0.1, 0.15) is 0 Å². The number of nitrogens with one attached hydrogen (secondary N) is 1. The van der Waals surface area contributed by atoms with Gasteiger partial charge in [0.1, 0.15) is 5.75 Å². The van der Waals surface area contributed by atoms with E-state index in [9.17, 15) is 13.2 Å². The van der Waals surface area contributed by atoms with Crippen LogP contribution in [0.2, 0.25) is 5.02 Å². The number of rotatable bonds is 2. The van der Waals surface area contributed by atoms with Gasteiger partial charge in [-0.05, 0) is 12.1 Å². The monoisotopic (exact) mass is 331 g/mol. The zero-order valence-corrected chi connectivity index (χ0v) is 12.2. The Balaban J connectivity index is 2.03. The third kappa shape index (κ3) is 3.20. The van der Waals surface area contributed by atoms with Crippen molar-refractivity contribution in [3.63, 3.8) is 0 Å². The molecule has 0 unspecified atom stereocenters. The van der Waals surface area contributed by atoms with Crippen LogP contribution in [0.5, 0.6) is 5.75 Å². The molecule has 2 aromatic rings. The molecule has 0 atom stereocenters. The maximum Gasteiger partial charge on any atom is 0.573 e. The fraction of sp³-hybridized carbons (Fsp3) is 0.357. The average molecular weight is 332 g/mol. The number of aromatic nitrogens is 1. The number of hydrogen-bond donors (Lipinski definition) is 1. The molecule has 118 valence electrons. The quantitative estimate of drug-likeness (QED) is 0.917. The van der Waals surface area contributed by atoms with Crippen LogP contribution in [0, 0.1) is 0 Å². The first-order chi connectivity index (χ1) is 10.4. The Morgan fingerprint density at radius 3 is 2.64 bits per heavy atom. The van der Waals surface area contributed by atoms with Crippen LogP contribution in [-0.4, -0.2) is 37.5 Å². The van der Waals surface area contributed by atoms with Gasteiger partial charge in [-0.25, -0.2) is 0 Å². The van der Waals surface area contributed by atoms with Crippen molar-refractivity contribution in [3.8, 4) is 5.75 Å². The number of halogens is 4. The minimum Gasteiger partial charge on any atom is -0.406 e. The minimum atomic E-state index is -4.72. The van der Waals surface area contributed by atoms with E-state index in [1.54, 1.807) is 6.07 Å². The second-order valence-electron chi connectivity index (χ2n) is 4.92. The normalized spacial score (nSPS) is 16.1. The number of benzene rings is 1. The van der Waals surface area contributed by atoms with Gasteiger partial charge in [0.05, 0.1) is 16.2 Å². The molecule has 3 rings (SSSR count). The summed E-state index contributed by atoms with van der Waals surface area (Å²) >= 11 is 6.25. The van der Waals surface area contributed by atoms with Gasteiger partial charge in [-0.2, -0.15) is 0 Å². The third-order valence-corrected chi connectivity index (χ3v) is 3.71. The van der Waals surface area contributed by atoms with Crippen LogP contribution >= 0.6 is 11.6 Å². The molecule has 1 aliphatic heterocycles. The Labute approximate surface area is 129 Å². The number of pyridine rings is 1. The number of piperazine rings is 1. The molecule has 22 heavy (non-hydrogen) atoms. The molecule has 0 radical (unpaired) electrons. The molecular weight excluding hydrogens is 319 g/mol. The lowest BCUT2D eigenvalue weighted by molar-refractivity contribution is -0.274. The van der Waals surface area contributed by atoms with Crippen molar-refractivity contribution in [2.45, 2.75) is 6.36 Å². The van der Waals surface area contributed by atoms with E-state index in [1.165, 1.54) is 18.3 Å². The first-order valence-electron chi connectivity index (χ1n) is 6.74. The summed E-state index contributed by atoms with van der Waals surface area (Å²) in [7, 11) is 0. The number of nitrogens with zero attached hydrogens (tertiary/aromatic N) is 2. The third-order valence-electron chi connectivity index (χ3n) is 3.43. The van der Waals surface area contributed by atoms with Crippen molar-refractivity contribution in [2.75, 3.05) is 31.1 Å². The van der Waals surface area contributed by atoms with Gasteiger partial charge in [-0.15, -0.1) is 13.2 Å². The molecular formula is C14H13ClF3N3O. The van der Waals surface area contributed by atoms with E-state index >= 15 is 0 Å². The van der Waals surface area contributed by atoms with Crippen LogP contribution in [0.15, 0.2) is 24.4 Å². The Hall–Kier alpha value is -1.73. The molecule has 1 aromatic heterocycles. The number of anilines is 1. The number of alkyl halides is 3. The van der Waals surface area contributed by atoms with Gasteiger partial charge >= 0.3 is 6.36 Å². The van der Waals surface area contributed by atoms with Gasteiger partial charge in [0.25, 0.3) is 0 Å². The summed E-state index contributed by atoms with van der Waals surface area (Å²) in [6, 6.07) is 4.11. The van der Waals surface area contributed by atoms with Crippen LogP contribution < -0.4 is 15.0 Å². The summed E-state index contributed by atoms with van der Waals surface area (Å²) in [5.41, 5.74) is 1.21. The van der Waals surface area contributed by atoms with Crippen LogP contribution in [0.4, 0.5) is 18.9 Å². The lowest BCUT2D eigenvalue weighted by Crippen LogP contribution is -2.43. The topological polar surface area (TPSA) is 37.4 Å². The van der Waals surface area contributed by atoms with Crippen molar-refractivity contribution in [2.24, 2.45) is 0 Å². The number of hydrogen-bond acceptors (Lipinski definition) is 4. The van der Waals surface area contributed by atoms with E-state index < -0.39 is 6.36 Å². The first-order valence-corrected chi connectivity index (χ1v) is 7.11. The molecule has 8 heteroatoms. The first kappa shape index (κ1) is 15.2. The lowest BCUT2D eigenvalue weighted by Gasteiger charge is -2.31. The molecule has 1 saturated heterocycles. The molecule has 0 spiro atoms. The Morgan fingerprint density at radius 2 is 1.95 bits per heavy atom. The fourth-order valence-electron chi connectivity index (χ4n) is 2.54. The summed E-state index contributed by atoms with van der Waals surface area (Å²) in [6.07, 6.45) is -3.26. The molecule has 0 saturated carbocycles. The standard InChI is InChI=1S/C14H13ClF3N3O/c15-11-8-20-12-7-9(22-14(16,17)18)1-2-10(12)13(11)21-5-3-19-4-6-21/h1-2,7-8,19H,3-6H2. The van der Waals surface area contributed by atoms with E-state index in [0.717, 1.165) is 31.9 Å². The highest BCUT2D eigenvalue weighted by atomic mass is 35.5. The van der Waals surface area contributed by atoms with Crippen LogP contribution in [-0.2, 0) is 0 Å². The summed E-state index contributed by atoms with van der Waals surface area (Å²) in [5, 5.41) is 4.44. The van der Waals surface area contributed by atoms with Crippen LogP contribution in [0.3, 0.4) is 0 Å². The molecule has 1 fully saturated rings. The van der Waals surface area contributed by atoms with E-state index in [-0.39, 0.29) is 5.75 Å².